The number of fused-ring (bicyclic) bond motifs is 1. The van der Waals surface area contributed by atoms with Crippen molar-refractivity contribution < 1.29 is 50.2 Å². The number of rotatable bonds is 3. The number of alkyl halides is 6. The number of pyridine rings is 1. The van der Waals surface area contributed by atoms with E-state index in [2.05, 4.69) is 9.72 Å². The third-order valence-corrected chi connectivity index (χ3v) is 3.99. The van der Waals surface area contributed by atoms with Gasteiger partial charge in [0.05, 0.1) is 5.57 Å². The predicted molar refractivity (Wildman–Crippen MR) is 89.7 cm³/mol. The van der Waals surface area contributed by atoms with E-state index >= 15 is 0 Å². The van der Waals surface area contributed by atoms with Crippen LogP contribution in [0.2, 0.25) is 0 Å². The summed E-state index contributed by atoms with van der Waals surface area (Å²) in [5, 5.41) is 0. The van der Waals surface area contributed by atoms with Crippen LogP contribution in [0.1, 0.15) is 21.5 Å². The molecule has 6 nitrogen and oxygen atoms in total. The van der Waals surface area contributed by atoms with Crippen LogP contribution in [0.25, 0.3) is 6.08 Å². The van der Waals surface area contributed by atoms with Crippen molar-refractivity contribution in [3.63, 3.8) is 0 Å². The lowest BCUT2D eigenvalue weighted by atomic mass is 9.97. The van der Waals surface area contributed by atoms with Crippen LogP contribution >= 0.6 is 0 Å². The summed E-state index contributed by atoms with van der Waals surface area (Å²) in [6.07, 6.45) is -10.6. The maximum absolute atomic E-state index is 13.4. The molecule has 0 aliphatic carbocycles. The van der Waals surface area contributed by atoms with Gasteiger partial charge in [0.1, 0.15) is 5.75 Å². The maximum Gasteiger partial charge on any atom is 0.491 e. The number of carbonyl (C=O) groups excluding carboxylic acids is 3. The van der Waals surface area contributed by atoms with E-state index in [9.17, 15) is 40.7 Å². The quantitative estimate of drug-likeness (QED) is 0.311. The standard InChI is InChI=1S/C19H9F6NO5/c20-18(21,22)15-12(16(28)31-17(29)19(23,24)25)6-9-3-4-10(7-13(9)30-15)14(27)11-2-1-5-26-8-11/h1-8,15H. The highest BCUT2D eigenvalue weighted by Crippen LogP contribution is 2.38. The summed E-state index contributed by atoms with van der Waals surface area (Å²) in [4.78, 5) is 38.9. The van der Waals surface area contributed by atoms with E-state index in [1.165, 1.54) is 30.6 Å². The third kappa shape index (κ3) is 4.73. The Bertz CT molecular complexity index is 1080. The molecule has 0 spiro atoms. The lowest BCUT2D eigenvalue weighted by molar-refractivity contribution is -0.204. The lowest BCUT2D eigenvalue weighted by Gasteiger charge is -2.28. The molecule has 0 fully saturated rings. The number of esters is 2. The normalized spacial score (nSPS) is 15.9. The van der Waals surface area contributed by atoms with Crippen molar-refractivity contribution in [3.8, 4) is 5.75 Å². The van der Waals surface area contributed by atoms with Gasteiger partial charge in [-0.3, -0.25) is 9.78 Å². The van der Waals surface area contributed by atoms with Gasteiger partial charge in [-0.1, -0.05) is 12.1 Å². The molecule has 1 atom stereocenters. The van der Waals surface area contributed by atoms with Gasteiger partial charge in [0, 0.05) is 29.1 Å². The number of benzene rings is 1. The monoisotopic (exact) mass is 445 g/mol. The molecule has 2 aromatic rings. The molecular formula is C19H9F6NO5. The van der Waals surface area contributed by atoms with E-state index in [0.29, 0.717) is 6.08 Å². The summed E-state index contributed by atoms with van der Waals surface area (Å²) in [6, 6.07) is 6.24. The molecule has 0 bridgehead atoms. The molecule has 0 radical (unpaired) electrons. The first kappa shape index (κ1) is 22.0. The molecule has 0 saturated carbocycles. The number of hydrogen-bond acceptors (Lipinski definition) is 6. The minimum absolute atomic E-state index is 0.0562. The Morgan fingerprint density at radius 3 is 2.29 bits per heavy atom. The number of ketones is 1. The molecule has 1 aliphatic rings. The summed E-state index contributed by atoms with van der Waals surface area (Å²) >= 11 is 0. The minimum atomic E-state index is -5.58. The number of halogens is 6. The van der Waals surface area contributed by atoms with E-state index in [0.717, 1.165) is 12.1 Å². The number of nitrogens with zero attached hydrogens (tertiary/aromatic N) is 1. The lowest BCUT2D eigenvalue weighted by Crippen LogP contribution is -2.42. The van der Waals surface area contributed by atoms with Crippen LogP contribution in [-0.2, 0) is 14.3 Å². The topological polar surface area (TPSA) is 82.6 Å². The SMILES string of the molecule is O=C(OC(=O)C(F)(F)F)C1=Cc2ccc(C(=O)c3cccnc3)cc2OC1C(F)(F)F. The Labute approximate surface area is 169 Å². The van der Waals surface area contributed by atoms with E-state index in [1.807, 2.05) is 0 Å². The fourth-order valence-corrected chi connectivity index (χ4v) is 2.60. The van der Waals surface area contributed by atoms with Crippen LogP contribution < -0.4 is 4.74 Å². The Kier molecular flexibility index (Phi) is 5.57. The molecule has 2 heterocycles. The molecule has 12 heteroatoms. The van der Waals surface area contributed by atoms with Crippen molar-refractivity contribution in [3.05, 3.63) is 65.0 Å². The van der Waals surface area contributed by atoms with Gasteiger partial charge in [-0.2, -0.15) is 26.3 Å². The highest BCUT2D eigenvalue weighted by molar-refractivity contribution is 6.09. The van der Waals surface area contributed by atoms with Gasteiger partial charge in [-0.25, -0.2) is 9.59 Å². The number of ether oxygens (including phenoxy) is 2. The first-order chi connectivity index (χ1) is 14.4. The van der Waals surface area contributed by atoms with E-state index in [4.69, 9.17) is 4.74 Å². The average molecular weight is 445 g/mol. The average Bonchev–Trinajstić information content (AvgIpc) is 2.71. The molecule has 0 N–H and O–H groups in total. The highest BCUT2D eigenvalue weighted by Gasteiger charge is 2.51. The van der Waals surface area contributed by atoms with Crippen LogP contribution in [-0.4, -0.2) is 41.2 Å². The summed E-state index contributed by atoms with van der Waals surface area (Å²) in [5.74, 6) is -6.16. The van der Waals surface area contributed by atoms with Gasteiger partial charge < -0.3 is 9.47 Å². The van der Waals surface area contributed by atoms with E-state index in [-0.39, 0.29) is 16.7 Å². The second-order valence-electron chi connectivity index (χ2n) is 6.14. The fraction of sp³-hybridized carbons (Fsp3) is 0.158. The zero-order chi connectivity index (χ0) is 23.0. The molecule has 1 aliphatic heterocycles. The van der Waals surface area contributed by atoms with Crippen molar-refractivity contribution in [2.75, 3.05) is 0 Å². The molecule has 3 rings (SSSR count). The minimum Gasteiger partial charge on any atom is -0.475 e. The zero-order valence-corrected chi connectivity index (χ0v) is 15.0. The van der Waals surface area contributed by atoms with Crippen molar-refractivity contribution >= 4 is 23.8 Å². The summed E-state index contributed by atoms with van der Waals surface area (Å²) in [5.41, 5.74) is -1.41. The van der Waals surface area contributed by atoms with Crippen molar-refractivity contribution in [1.29, 1.82) is 0 Å². The Morgan fingerprint density at radius 1 is 1.00 bits per heavy atom. The predicted octanol–water partition coefficient (Wildman–Crippen LogP) is 3.65. The highest BCUT2D eigenvalue weighted by atomic mass is 19.4. The molecule has 1 aromatic heterocycles. The van der Waals surface area contributed by atoms with Gasteiger partial charge in [0.2, 0.25) is 6.10 Å². The molecular weight excluding hydrogens is 436 g/mol. The zero-order valence-electron chi connectivity index (χ0n) is 15.0. The Morgan fingerprint density at radius 2 is 1.71 bits per heavy atom. The van der Waals surface area contributed by atoms with Crippen molar-refractivity contribution in [2.24, 2.45) is 0 Å². The number of aromatic nitrogens is 1. The summed E-state index contributed by atoms with van der Waals surface area (Å²) < 4.78 is 85.2. The van der Waals surface area contributed by atoms with Gasteiger partial charge in [-0.15, -0.1) is 0 Å². The smallest absolute Gasteiger partial charge is 0.475 e. The Hall–Kier alpha value is -3.70. The second-order valence-corrected chi connectivity index (χ2v) is 6.14. The van der Waals surface area contributed by atoms with Crippen molar-refractivity contribution in [1.82, 2.24) is 4.98 Å². The van der Waals surface area contributed by atoms with Crippen LogP contribution in [0.4, 0.5) is 26.3 Å². The second kappa shape index (κ2) is 7.85. The van der Waals surface area contributed by atoms with Gasteiger partial charge in [0.15, 0.2) is 5.78 Å². The fourth-order valence-electron chi connectivity index (χ4n) is 2.60. The van der Waals surface area contributed by atoms with Crippen LogP contribution in [0.15, 0.2) is 48.3 Å². The van der Waals surface area contributed by atoms with Crippen LogP contribution in [0.5, 0.6) is 5.75 Å². The first-order valence-electron chi connectivity index (χ1n) is 8.25. The number of hydrogen-bond donors (Lipinski definition) is 0. The maximum atomic E-state index is 13.4. The number of carbonyl (C=O) groups is 3. The van der Waals surface area contributed by atoms with E-state index in [1.54, 1.807) is 0 Å². The van der Waals surface area contributed by atoms with Crippen LogP contribution in [0.3, 0.4) is 0 Å². The first-order valence-corrected chi connectivity index (χ1v) is 8.25. The molecule has 0 saturated heterocycles. The summed E-state index contributed by atoms with van der Waals surface area (Å²) in [7, 11) is 0. The van der Waals surface area contributed by atoms with Gasteiger partial charge in [-0.05, 0) is 24.3 Å². The molecule has 31 heavy (non-hydrogen) atoms. The van der Waals surface area contributed by atoms with Crippen LogP contribution in [0, 0.1) is 0 Å². The largest absolute Gasteiger partial charge is 0.491 e. The van der Waals surface area contributed by atoms with Gasteiger partial charge in [0.25, 0.3) is 0 Å². The molecule has 0 amide bonds. The third-order valence-electron chi connectivity index (χ3n) is 3.99. The molecule has 162 valence electrons. The summed E-state index contributed by atoms with van der Waals surface area (Å²) in [6.45, 7) is 0. The molecule has 1 unspecified atom stereocenters. The Balaban J connectivity index is 1.97. The van der Waals surface area contributed by atoms with Gasteiger partial charge >= 0.3 is 24.3 Å². The van der Waals surface area contributed by atoms with Crippen molar-refractivity contribution in [2.45, 2.75) is 18.5 Å². The van der Waals surface area contributed by atoms with E-state index < -0.39 is 47.5 Å². The molecule has 1 aromatic carbocycles.